The highest BCUT2D eigenvalue weighted by atomic mass is 32.2. The van der Waals surface area contributed by atoms with E-state index < -0.39 is 9.84 Å². The summed E-state index contributed by atoms with van der Waals surface area (Å²) in [5.41, 5.74) is 1.56. The fourth-order valence-corrected chi connectivity index (χ4v) is 4.64. The standard InChI is InChI=1S/C16H19N3O4S/c1-11-16(21)19(14-5-3-2-4-13(14)17-11)8-6-15(20)18-12-7-9-24(22,23)10-12/h2-5,12H,6-10H2,1H3,(H,18,20)/t12-/m1/s1. The van der Waals surface area contributed by atoms with Crippen LogP contribution in [-0.2, 0) is 21.2 Å². The van der Waals surface area contributed by atoms with Crippen molar-refractivity contribution in [3.05, 3.63) is 40.3 Å². The van der Waals surface area contributed by atoms with Gasteiger partial charge in [-0.05, 0) is 25.5 Å². The van der Waals surface area contributed by atoms with Gasteiger partial charge in [-0.1, -0.05) is 12.1 Å². The van der Waals surface area contributed by atoms with E-state index in [4.69, 9.17) is 0 Å². The van der Waals surface area contributed by atoms with Gasteiger partial charge in [-0.15, -0.1) is 0 Å². The minimum absolute atomic E-state index is 0.00398. The molecule has 3 rings (SSSR count). The highest BCUT2D eigenvalue weighted by Crippen LogP contribution is 2.12. The van der Waals surface area contributed by atoms with Gasteiger partial charge in [0.05, 0.1) is 22.5 Å². The highest BCUT2D eigenvalue weighted by Gasteiger charge is 2.28. The Morgan fingerprint density at radius 2 is 2.12 bits per heavy atom. The average molecular weight is 349 g/mol. The molecule has 0 bridgehead atoms. The van der Waals surface area contributed by atoms with Crippen molar-refractivity contribution in [2.45, 2.75) is 32.4 Å². The average Bonchev–Trinajstić information content (AvgIpc) is 2.86. The maximum absolute atomic E-state index is 12.3. The lowest BCUT2D eigenvalue weighted by Gasteiger charge is -2.13. The Bertz CT molecular complexity index is 949. The number of carbonyl (C=O) groups excluding carboxylic acids is 1. The van der Waals surface area contributed by atoms with Gasteiger partial charge < -0.3 is 9.88 Å². The fourth-order valence-electron chi connectivity index (χ4n) is 2.96. The molecule has 1 aliphatic heterocycles. The number of nitrogens with one attached hydrogen (secondary N) is 1. The second-order valence-electron chi connectivity index (χ2n) is 6.06. The molecule has 128 valence electrons. The van der Waals surface area contributed by atoms with E-state index in [1.54, 1.807) is 17.6 Å². The van der Waals surface area contributed by atoms with E-state index in [2.05, 4.69) is 10.3 Å². The van der Waals surface area contributed by atoms with E-state index in [0.29, 0.717) is 23.1 Å². The van der Waals surface area contributed by atoms with E-state index in [1.165, 1.54) is 0 Å². The van der Waals surface area contributed by atoms with E-state index in [1.807, 2.05) is 18.2 Å². The van der Waals surface area contributed by atoms with Crippen molar-refractivity contribution in [3.63, 3.8) is 0 Å². The van der Waals surface area contributed by atoms with Crippen LogP contribution in [0.15, 0.2) is 29.1 Å². The molecule has 1 N–H and O–H groups in total. The molecule has 2 heterocycles. The summed E-state index contributed by atoms with van der Waals surface area (Å²) < 4.78 is 24.4. The molecule has 1 atom stereocenters. The smallest absolute Gasteiger partial charge is 0.272 e. The quantitative estimate of drug-likeness (QED) is 0.861. The van der Waals surface area contributed by atoms with Gasteiger partial charge in [-0.25, -0.2) is 13.4 Å². The second kappa shape index (κ2) is 6.35. The van der Waals surface area contributed by atoms with E-state index in [0.717, 1.165) is 0 Å². The Morgan fingerprint density at radius 1 is 1.38 bits per heavy atom. The number of benzene rings is 1. The van der Waals surface area contributed by atoms with Crippen molar-refractivity contribution in [2.24, 2.45) is 0 Å². The summed E-state index contributed by atoms with van der Waals surface area (Å²) >= 11 is 0. The zero-order valence-corrected chi connectivity index (χ0v) is 14.2. The number of fused-ring (bicyclic) bond motifs is 1. The first-order valence-electron chi connectivity index (χ1n) is 7.82. The number of aryl methyl sites for hydroxylation is 2. The molecule has 1 fully saturated rings. The van der Waals surface area contributed by atoms with Gasteiger partial charge in [-0.2, -0.15) is 0 Å². The van der Waals surface area contributed by atoms with Crippen LogP contribution in [0.1, 0.15) is 18.5 Å². The first-order valence-corrected chi connectivity index (χ1v) is 9.64. The van der Waals surface area contributed by atoms with Crippen LogP contribution in [-0.4, -0.2) is 41.4 Å². The van der Waals surface area contributed by atoms with Crippen LogP contribution < -0.4 is 10.9 Å². The van der Waals surface area contributed by atoms with Crippen LogP contribution in [0.25, 0.3) is 11.0 Å². The summed E-state index contributed by atoms with van der Waals surface area (Å²) in [6.07, 6.45) is 0.565. The van der Waals surface area contributed by atoms with Gasteiger partial charge in [0.1, 0.15) is 5.69 Å². The van der Waals surface area contributed by atoms with E-state index >= 15 is 0 Å². The van der Waals surface area contributed by atoms with Crippen molar-refractivity contribution >= 4 is 26.8 Å². The lowest BCUT2D eigenvalue weighted by atomic mass is 10.2. The first-order chi connectivity index (χ1) is 11.4. The maximum atomic E-state index is 12.3. The number of aromatic nitrogens is 2. The molecule has 1 aromatic heterocycles. The number of amides is 1. The summed E-state index contributed by atoms with van der Waals surface area (Å²) in [4.78, 5) is 28.7. The van der Waals surface area contributed by atoms with Crippen LogP contribution in [0, 0.1) is 6.92 Å². The minimum atomic E-state index is -3.03. The third kappa shape index (κ3) is 3.48. The fraction of sp³-hybridized carbons (Fsp3) is 0.438. The molecule has 8 heteroatoms. The molecular formula is C16H19N3O4S. The third-order valence-corrected chi connectivity index (χ3v) is 5.94. The van der Waals surface area contributed by atoms with Crippen LogP contribution in [0.2, 0.25) is 0 Å². The molecule has 7 nitrogen and oxygen atoms in total. The monoisotopic (exact) mass is 349 g/mol. The van der Waals surface area contributed by atoms with Crippen molar-refractivity contribution in [2.75, 3.05) is 11.5 Å². The maximum Gasteiger partial charge on any atom is 0.272 e. The molecule has 24 heavy (non-hydrogen) atoms. The number of rotatable bonds is 4. The zero-order chi connectivity index (χ0) is 17.3. The molecule has 1 aromatic carbocycles. The number of carbonyl (C=O) groups is 1. The van der Waals surface area contributed by atoms with Crippen LogP contribution in [0.3, 0.4) is 0 Å². The Balaban J connectivity index is 1.73. The Kier molecular flexibility index (Phi) is 4.40. The van der Waals surface area contributed by atoms with Gasteiger partial charge in [0, 0.05) is 19.0 Å². The number of para-hydroxylation sites is 2. The van der Waals surface area contributed by atoms with E-state index in [-0.39, 0.29) is 42.0 Å². The van der Waals surface area contributed by atoms with Crippen LogP contribution in [0.5, 0.6) is 0 Å². The molecule has 2 aromatic rings. The second-order valence-corrected chi connectivity index (χ2v) is 8.29. The van der Waals surface area contributed by atoms with Crippen molar-refractivity contribution in [1.82, 2.24) is 14.9 Å². The molecule has 0 aliphatic carbocycles. The largest absolute Gasteiger partial charge is 0.352 e. The summed E-state index contributed by atoms with van der Waals surface area (Å²) in [7, 11) is -3.03. The third-order valence-electron chi connectivity index (χ3n) is 4.18. The van der Waals surface area contributed by atoms with Gasteiger partial charge in [0.2, 0.25) is 5.91 Å². The van der Waals surface area contributed by atoms with Crippen molar-refractivity contribution in [3.8, 4) is 0 Å². The Morgan fingerprint density at radius 3 is 2.83 bits per heavy atom. The van der Waals surface area contributed by atoms with Crippen molar-refractivity contribution < 1.29 is 13.2 Å². The zero-order valence-electron chi connectivity index (χ0n) is 13.4. The molecule has 1 aliphatic rings. The normalized spacial score (nSPS) is 19.5. The lowest BCUT2D eigenvalue weighted by molar-refractivity contribution is -0.121. The minimum Gasteiger partial charge on any atom is -0.352 e. The predicted octanol–water partition coefficient (Wildman–Crippen LogP) is 0.398. The van der Waals surface area contributed by atoms with Gasteiger partial charge in [0.15, 0.2) is 9.84 Å². The summed E-state index contributed by atoms with van der Waals surface area (Å²) in [6, 6.07) is 6.96. The first kappa shape index (κ1) is 16.6. The summed E-state index contributed by atoms with van der Waals surface area (Å²) in [5.74, 6) is -0.135. The van der Waals surface area contributed by atoms with Gasteiger partial charge in [-0.3, -0.25) is 9.59 Å². The molecule has 1 amide bonds. The molecular weight excluding hydrogens is 330 g/mol. The lowest BCUT2D eigenvalue weighted by Crippen LogP contribution is -2.36. The van der Waals surface area contributed by atoms with Gasteiger partial charge >= 0.3 is 0 Å². The SMILES string of the molecule is Cc1nc2ccccc2n(CCC(=O)N[C@@H]2CCS(=O)(=O)C2)c1=O. The summed E-state index contributed by atoms with van der Waals surface area (Å²) in [6.45, 7) is 1.88. The summed E-state index contributed by atoms with van der Waals surface area (Å²) in [5, 5.41) is 2.74. The van der Waals surface area contributed by atoms with Crippen LogP contribution in [0.4, 0.5) is 0 Å². The molecule has 1 saturated heterocycles. The number of sulfone groups is 1. The predicted molar refractivity (Wildman–Crippen MR) is 90.6 cm³/mol. The number of hydrogen-bond donors (Lipinski definition) is 1. The molecule has 0 unspecified atom stereocenters. The topological polar surface area (TPSA) is 98.1 Å². The molecule has 0 spiro atoms. The molecule has 0 radical (unpaired) electrons. The number of nitrogens with zero attached hydrogens (tertiary/aromatic N) is 2. The number of hydrogen-bond acceptors (Lipinski definition) is 5. The van der Waals surface area contributed by atoms with Gasteiger partial charge in [0.25, 0.3) is 5.56 Å². The van der Waals surface area contributed by atoms with Crippen LogP contribution >= 0.6 is 0 Å². The molecule has 0 saturated carbocycles. The van der Waals surface area contributed by atoms with E-state index in [9.17, 15) is 18.0 Å². The van der Waals surface area contributed by atoms with Crippen molar-refractivity contribution in [1.29, 1.82) is 0 Å². The highest BCUT2D eigenvalue weighted by molar-refractivity contribution is 7.91. The Labute approximate surface area is 139 Å². The Hall–Kier alpha value is -2.22.